The number of aliphatic hydroxyl groups excluding tert-OH is 4. The summed E-state index contributed by atoms with van der Waals surface area (Å²) >= 11 is 0. The zero-order chi connectivity index (χ0) is 102. The van der Waals surface area contributed by atoms with Gasteiger partial charge in [0.1, 0.15) is 47.7 Å². The summed E-state index contributed by atoms with van der Waals surface area (Å²) in [4.78, 5) is 145. The van der Waals surface area contributed by atoms with E-state index in [1.165, 1.54) is 25.8 Å². The second kappa shape index (κ2) is 51.7. The van der Waals surface area contributed by atoms with Gasteiger partial charge in [0.25, 0.3) is 29.5 Å². The molecule has 5 aliphatic heterocycles. The number of hydrogen-bond donors (Lipinski definition) is 10. The molecular weight excluding hydrogens is 1840 g/mol. The Morgan fingerprint density at radius 3 is 2.17 bits per heavy atom. The van der Waals surface area contributed by atoms with Crippen LogP contribution in [-0.4, -0.2) is 329 Å². The van der Waals surface area contributed by atoms with Crippen LogP contribution in [-0.2, 0) is 88.1 Å². The second-order valence-corrected chi connectivity index (χ2v) is 38.9. The quantitative estimate of drug-likeness (QED) is 0.00391. The van der Waals surface area contributed by atoms with Crippen molar-refractivity contribution in [1.82, 2.24) is 74.9 Å². The number of oxazole rings is 1. The lowest BCUT2D eigenvalue weighted by molar-refractivity contribution is -0.265. The summed E-state index contributed by atoms with van der Waals surface area (Å²) in [5, 5.41) is 74.0. The van der Waals surface area contributed by atoms with Gasteiger partial charge in [-0.15, -0.1) is 0 Å². The third-order valence-electron chi connectivity index (χ3n) is 28.1. The van der Waals surface area contributed by atoms with Crippen LogP contribution in [0.1, 0.15) is 171 Å². The van der Waals surface area contributed by atoms with Crippen LogP contribution < -0.4 is 37.6 Å². The molecule has 1 saturated carbocycles. The Hall–Kier alpha value is -11.7. The normalized spacial score (nSPS) is 21.9. The first-order chi connectivity index (χ1) is 68.8. The van der Waals surface area contributed by atoms with E-state index in [1.54, 1.807) is 64.6 Å². The van der Waals surface area contributed by atoms with Gasteiger partial charge in [0.2, 0.25) is 29.5 Å². The summed E-state index contributed by atoms with van der Waals surface area (Å²) in [5.41, 5.74) is 27.8. The van der Waals surface area contributed by atoms with Crippen molar-refractivity contribution in [1.29, 1.82) is 0 Å². The Morgan fingerprint density at radius 2 is 1.45 bits per heavy atom. The number of hydrogen-bond acceptors (Lipinski definition) is 35. The number of nitrogens with one attached hydrogen (secondary N) is 2. The Balaban J connectivity index is 0.487. The number of fused-ring (bicyclic) bond motifs is 3. The fraction of sp³-hybridized carbons (Fsp3) is 0.588. The molecule has 7 aromatic rings. The maximum atomic E-state index is 14.7. The summed E-state index contributed by atoms with van der Waals surface area (Å²) in [7, 11) is 3.09. The standard InChI is InChI=1S/C102H143N21O20/c1-11-12-13-16-63(4)82(136-9)51-75-23-18-67(8)102(135,143-75)93(131)97(133)122-30-15-14-17-78(122)98(134)141-83(76(103)48-68-20-24-79(124)84(49-68)137-10)52-80(125)64(5)46-66(7)91(129)92(130)89(65(6)45-62(2)3)116-140-60-85(126)107-53-70-54-108-100(109-55-70)120-38-36-118(37-39-120)86(127)27-42-139-44-40-117-32-34-119(35-33-117)101-110-56-74(57-111-101)96(132)106-29-43-138-41-28-87(128)121-31-26-71-47-69(19-21-73(71)59-121)58-123-95-88(94(104)112-61-113-95)90(115-123)72-22-25-81-77(50-72)114-99(105)142-81/h11-13,16,19,21-22,25,46-47,50,54-57,61-62,64-65,67-68,75-76,78-80,82-84,91-92,124-125,129-130,135H,1,14-15,17-18,20,23-24,26-45,48-49,51-53,58-60,103H2,2-10H3,(H2,105,114)(H,106,132)(H,107,126)(H2,104,112,113)/b13-12+,63-16+,66-46+,116-89+/t64-,65-,67-,68+,75+,76-,78+,79-,80-,82+,83+,84-,91-,92+,102-/m1/s1. The van der Waals surface area contributed by atoms with Gasteiger partial charge in [0.15, 0.2) is 17.8 Å². The van der Waals surface area contributed by atoms with Crippen LogP contribution in [0.2, 0.25) is 0 Å². The van der Waals surface area contributed by atoms with Gasteiger partial charge < -0.3 is 116 Å². The number of carbonyl (C=O) groups is 7. The first kappa shape index (κ1) is 109. The van der Waals surface area contributed by atoms with Crippen LogP contribution in [0, 0.1) is 29.6 Å². The maximum absolute atomic E-state index is 14.7. The number of amides is 5. The number of nitrogens with zero attached hydrogens (tertiary/aromatic N) is 16. The molecule has 0 radical (unpaired) electrons. The van der Waals surface area contributed by atoms with Crippen LogP contribution in [0.15, 0.2) is 125 Å². The molecule has 0 bridgehead atoms. The summed E-state index contributed by atoms with van der Waals surface area (Å²) in [6.45, 7) is 24.3. The number of piperazine rings is 2. The molecule has 4 saturated heterocycles. The Labute approximate surface area is 833 Å². The van der Waals surface area contributed by atoms with Crippen molar-refractivity contribution >= 4 is 92.9 Å². The lowest BCUT2D eigenvalue weighted by Gasteiger charge is -2.42. The SMILES string of the molecule is C=C/C=C/C=C(\C)[C@H](C[C@@H]1CC[C@@H](C)[C@](O)(C(=O)C(=O)N2CCCC[C@H]2C(=O)O[C@@H](C[C@@H](O)[C@H](C)/C=C(\C)[C@@H](O)[C@@H](O)/C(=N/OCC(=O)NCc2cnc(N3CCN(C(=O)CCOCCN4CCN(c5ncc(C(=O)NCCOCCC(=O)N6CCc7cc(Cn8nc(-c9ccc%10oc(N)nc%10c9)c9c(N)ncnc98)ccc7C6)cn5)CC4)CC3)nc2)[C@H](C)CC(C)C)[C@H](N)C[C@@H]2CC[C@@H](O)[C@H](OC)C2)O1)OC. The number of carbonyl (C=O) groups excluding carboxylic acids is 7. The number of ether oxygens (including phenoxy) is 6. The summed E-state index contributed by atoms with van der Waals surface area (Å²) in [5.74, 6) is -7.06. The van der Waals surface area contributed by atoms with E-state index in [2.05, 4.69) is 79.2 Å². The van der Waals surface area contributed by atoms with Gasteiger partial charge in [-0.2, -0.15) is 10.1 Å². The number of anilines is 4. The van der Waals surface area contributed by atoms with E-state index in [0.29, 0.717) is 199 Å². The smallest absolute Gasteiger partial charge is 0.329 e. The number of aliphatic hydroxyl groups is 5. The molecule has 5 fully saturated rings. The number of nitrogens with two attached hydrogens (primary N) is 3. The molecule has 41 heteroatoms. The van der Waals surface area contributed by atoms with Crippen molar-refractivity contribution in [3.63, 3.8) is 0 Å². The second-order valence-electron chi connectivity index (χ2n) is 38.9. The van der Waals surface area contributed by atoms with E-state index in [9.17, 15) is 59.1 Å². The number of Topliss-reactive ketones (excluding diaryl/α,β-unsaturated/α-hetero) is 1. The lowest BCUT2D eigenvalue weighted by Crippen LogP contribution is -2.61. The number of piperidine rings is 1. The Bertz CT molecular complexity index is 5590. The predicted octanol–water partition coefficient (Wildman–Crippen LogP) is 6.11. The van der Waals surface area contributed by atoms with Crippen molar-refractivity contribution in [3.05, 3.63) is 143 Å². The lowest BCUT2D eigenvalue weighted by atomic mass is 9.80. The van der Waals surface area contributed by atoms with Crippen LogP contribution in [0.3, 0.4) is 0 Å². The third-order valence-corrected chi connectivity index (χ3v) is 28.1. The van der Waals surface area contributed by atoms with E-state index in [4.69, 9.17) is 60.0 Å². The highest BCUT2D eigenvalue weighted by Crippen LogP contribution is 2.40. The monoisotopic (exact) mass is 1980 g/mol. The van der Waals surface area contributed by atoms with E-state index in [0.717, 1.165) is 45.8 Å². The van der Waals surface area contributed by atoms with Gasteiger partial charge in [-0.05, 0) is 142 Å². The fourth-order valence-corrected chi connectivity index (χ4v) is 19.6. The number of benzene rings is 2. The molecule has 13 N–H and O–H groups in total. The molecule has 0 unspecified atom stereocenters. The fourth-order valence-electron chi connectivity index (χ4n) is 19.6. The number of nitrogen functional groups attached to an aromatic ring is 2. The number of allylic oxidation sites excluding steroid dienone is 4. The average molecular weight is 1980 g/mol. The van der Waals surface area contributed by atoms with Crippen molar-refractivity contribution in [2.24, 2.45) is 40.5 Å². The molecule has 5 amide bonds. The van der Waals surface area contributed by atoms with Crippen LogP contribution in [0.5, 0.6) is 0 Å². The van der Waals surface area contributed by atoms with Gasteiger partial charge in [0, 0.05) is 178 Å². The van der Waals surface area contributed by atoms with Crippen LogP contribution in [0.4, 0.5) is 23.7 Å². The molecule has 776 valence electrons. The van der Waals surface area contributed by atoms with Crippen molar-refractivity contribution in [3.8, 4) is 11.3 Å². The topological polar surface area (TPSA) is 540 Å². The zero-order valence-electron chi connectivity index (χ0n) is 83.6. The number of aromatic nitrogens is 9. The zero-order valence-corrected chi connectivity index (χ0v) is 83.6. The highest BCUT2D eigenvalue weighted by atomic mass is 16.6. The number of methoxy groups -OCH3 is 2. The molecule has 143 heavy (non-hydrogen) atoms. The molecular formula is C102H143N21O20. The Kier molecular flexibility index (Phi) is 39.2. The van der Waals surface area contributed by atoms with Crippen LogP contribution in [0.25, 0.3) is 33.4 Å². The van der Waals surface area contributed by atoms with Crippen molar-refractivity contribution in [2.45, 2.75) is 231 Å². The predicted molar refractivity (Wildman–Crippen MR) is 534 cm³/mol. The molecule has 15 atom stereocenters. The molecule has 1 aliphatic carbocycles. The average Bonchev–Trinajstić information content (AvgIpc) is 1.55. The highest BCUT2D eigenvalue weighted by molar-refractivity contribution is 6.39. The van der Waals surface area contributed by atoms with Crippen molar-refractivity contribution in [2.75, 3.05) is 147 Å². The number of oxime groups is 1. The van der Waals surface area contributed by atoms with E-state index < -0.39 is 115 Å². The summed E-state index contributed by atoms with van der Waals surface area (Å²) in [6.07, 6.45) is 14.2. The first-order valence-electron chi connectivity index (χ1n) is 50.0. The molecule has 10 heterocycles. The Morgan fingerprint density at radius 1 is 0.741 bits per heavy atom. The minimum Gasteiger partial charge on any atom is -0.459 e. The van der Waals surface area contributed by atoms with E-state index in [-0.39, 0.29) is 112 Å². The van der Waals surface area contributed by atoms with Gasteiger partial charge in [-0.1, -0.05) is 94.9 Å². The summed E-state index contributed by atoms with van der Waals surface area (Å²) in [6, 6.07) is 9.72. The first-order valence-corrected chi connectivity index (χ1v) is 50.0. The van der Waals surface area contributed by atoms with Gasteiger partial charge >= 0.3 is 5.97 Å². The molecule has 41 nitrogen and oxygen atoms in total. The number of esters is 1. The number of likely N-dealkylation sites (tertiary alicyclic amines) is 1. The number of ketones is 1. The molecule has 2 aromatic carbocycles. The van der Waals surface area contributed by atoms with Crippen molar-refractivity contribution < 1.29 is 96.8 Å². The minimum absolute atomic E-state index is 0.00575. The van der Waals surface area contributed by atoms with Gasteiger partial charge in [0.05, 0.1) is 93.0 Å². The van der Waals surface area contributed by atoms with Crippen LogP contribution >= 0.6 is 0 Å². The largest absolute Gasteiger partial charge is 0.459 e. The maximum Gasteiger partial charge on any atom is 0.329 e. The van der Waals surface area contributed by atoms with Gasteiger partial charge in [-0.3, -0.25) is 33.7 Å². The van der Waals surface area contributed by atoms with E-state index in [1.807, 2.05) is 77.4 Å². The number of rotatable bonds is 47. The third kappa shape index (κ3) is 28.9. The minimum atomic E-state index is -2.50. The molecule has 13 rings (SSSR count). The highest BCUT2D eigenvalue weighted by Gasteiger charge is 2.53. The molecule has 5 aromatic heterocycles. The molecule has 0 spiro atoms. The summed E-state index contributed by atoms with van der Waals surface area (Å²) < 4.78 is 42.8. The van der Waals surface area contributed by atoms with Gasteiger partial charge in [-0.25, -0.2) is 39.4 Å². The van der Waals surface area contributed by atoms with E-state index >= 15 is 0 Å². The molecule has 6 aliphatic rings.